The van der Waals surface area contributed by atoms with Crippen molar-refractivity contribution in [2.75, 3.05) is 0 Å². The average Bonchev–Trinajstić information content (AvgIpc) is 3.11. The molecule has 0 saturated carbocycles. The molecule has 0 N–H and O–H groups in total. The third-order valence-corrected chi connectivity index (χ3v) is 8.80. The molecule has 48 heavy (non-hydrogen) atoms. The molecular weight excluding hydrogens is 772 g/mol. The number of fused-ring (bicyclic) bond motifs is 2. The van der Waals surface area contributed by atoms with Crippen LogP contribution in [0.3, 0.4) is 0 Å². The first-order valence-corrected chi connectivity index (χ1v) is 15.7. The third-order valence-electron chi connectivity index (χ3n) is 8.80. The van der Waals surface area contributed by atoms with Gasteiger partial charge in [-0.2, -0.15) is 12.1 Å². The van der Waals surface area contributed by atoms with Gasteiger partial charge in [0, 0.05) is 35.0 Å². The predicted molar refractivity (Wildman–Crippen MR) is 185 cm³/mol. The van der Waals surface area contributed by atoms with Gasteiger partial charge >= 0.3 is 21.1 Å². The van der Waals surface area contributed by atoms with E-state index in [1.54, 1.807) is 6.20 Å². The summed E-state index contributed by atoms with van der Waals surface area (Å²) in [5, 5.41) is 0. The van der Waals surface area contributed by atoms with Crippen LogP contribution >= 0.6 is 0 Å². The molecule has 0 fully saturated rings. The minimum atomic E-state index is -0.797. The van der Waals surface area contributed by atoms with Gasteiger partial charge in [-0.3, -0.25) is 4.98 Å². The molecule has 234 valence electrons. The van der Waals surface area contributed by atoms with Gasteiger partial charge in [-0.05, 0) is 66.6 Å². The minimum Gasteiger partial charge on any atom is -0.503 e. The molecule has 0 aliphatic carbocycles. The first-order chi connectivity index (χ1) is 23.1. The van der Waals surface area contributed by atoms with Crippen LogP contribution in [0.4, 0.5) is 0 Å². The Labute approximate surface area is 295 Å². The molecule has 1 aliphatic heterocycles. The summed E-state index contributed by atoms with van der Waals surface area (Å²) in [6, 6.07) is 52.0. The number of benzene rings is 5. The fourth-order valence-corrected chi connectivity index (χ4v) is 6.80. The van der Waals surface area contributed by atoms with Crippen LogP contribution in [0.15, 0.2) is 146 Å². The van der Waals surface area contributed by atoms with E-state index in [1.807, 2.05) is 85.1 Å². The number of hydrogen-bond acceptors (Lipinski definition) is 4. The Morgan fingerprint density at radius 2 is 1.25 bits per heavy atom. The van der Waals surface area contributed by atoms with Crippen molar-refractivity contribution in [3.63, 3.8) is 0 Å². The smallest absolute Gasteiger partial charge is 0.503 e. The van der Waals surface area contributed by atoms with Crippen LogP contribution in [-0.4, -0.2) is 9.97 Å². The monoisotopic (exact) mass is 801 g/mol. The van der Waals surface area contributed by atoms with E-state index in [-0.39, 0.29) is 21.1 Å². The van der Waals surface area contributed by atoms with E-state index < -0.39 is 5.41 Å². The Morgan fingerprint density at radius 1 is 0.604 bits per heavy atom. The zero-order chi connectivity index (χ0) is 31.8. The fraction of sp³-hybridized carbons (Fsp3) is 0.0698. The SMILES string of the molecule is Cc1cccc(C)c1-c1cc(Oc2[c-]c(C3(c4ccccn4)c4ccccc4Oc4ccccc43)ccc2)[c-]c(-c2ccccn2)c1.[Pt+2]. The normalized spacial score (nSPS) is 12.5. The first kappa shape index (κ1) is 31.3. The number of para-hydroxylation sites is 2. The topological polar surface area (TPSA) is 44.2 Å². The van der Waals surface area contributed by atoms with E-state index in [0.717, 1.165) is 50.7 Å². The van der Waals surface area contributed by atoms with Crippen molar-refractivity contribution in [2.45, 2.75) is 19.3 Å². The van der Waals surface area contributed by atoms with Crippen molar-refractivity contribution >= 4 is 0 Å². The van der Waals surface area contributed by atoms with Crippen LogP contribution in [0.2, 0.25) is 0 Å². The van der Waals surface area contributed by atoms with Crippen molar-refractivity contribution in [3.05, 3.63) is 191 Å². The average molecular weight is 802 g/mol. The largest absolute Gasteiger partial charge is 2.00 e. The summed E-state index contributed by atoms with van der Waals surface area (Å²) in [5.41, 5.74) is 9.24. The summed E-state index contributed by atoms with van der Waals surface area (Å²) < 4.78 is 13.1. The molecule has 0 bridgehead atoms. The standard InChI is InChI=1S/C43H30N2O2.Pt/c1-29-13-11-14-30(2)42(29)32-25-31(38-19-7-9-23-44-38)26-35(27-32)46-34-16-12-15-33(28-34)43(41-22-8-10-24-45-41)36-17-3-5-20-39(36)47-40-21-6-4-18-37(40)43;/h3-25,27H,1-2H3;/q-2;+2. The van der Waals surface area contributed by atoms with Gasteiger partial charge in [-0.1, -0.05) is 90.5 Å². The predicted octanol–water partition coefficient (Wildman–Crippen LogP) is 10.3. The Bertz CT molecular complexity index is 2170. The molecule has 0 radical (unpaired) electrons. The Hall–Kier alpha value is -5.31. The van der Waals surface area contributed by atoms with Crippen molar-refractivity contribution in [1.29, 1.82) is 0 Å². The van der Waals surface area contributed by atoms with Crippen LogP contribution < -0.4 is 9.47 Å². The van der Waals surface area contributed by atoms with Crippen LogP contribution in [-0.2, 0) is 26.5 Å². The quantitative estimate of drug-likeness (QED) is 0.157. The maximum Gasteiger partial charge on any atom is 2.00 e. The second kappa shape index (κ2) is 13.1. The maximum atomic E-state index is 6.68. The summed E-state index contributed by atoms with van der Waals surface area (Å²) in [6.45, 7) is 4.27. The zero-order valence-electron chi connectivity index (χ0n) is 26.4. The number of ether oxygens (including phenoxy) is 2. The second-order valence-electron chi connectivity index (χ2n) is 11.7. The van der Waals surface area contributed by atoms with Gasteiger partial charge < -0.3 is 14.5 Å². The third kappa shape index (κ3) is 5.43. The number of aryl methyl sites for hydroxylation is 2. The molecule has 0 atom stereocenters. The molecular formula is C43H30N2O2Pt. The molecule has 5 heteroatoms. The fourth-order valence-electron chi connectivity index (χ4n) is 6.80. The number of pyridine rings is 2. The molecule has 4 nitrogen and oxygen atoms in total. The summed E-state index contributed by atoms with van der Waals surface area (Å²) in [4.78, 5) is 9.56. The molecule has 2 aromatic heterocycles. The zero-order valence-corrected chi connectivity index (χ0v) is 28.7. The number of rotatable bonds is 6. The molecule has 0 unspecified atom stereocenters. The van der Waals surface area contributed by atoms with E-state index in [1.165, 1.54) is 16.7 Å². The molecule has 8 rings (SSSR count). The van der Waals surface area contributed by atoms with Crippen molar-refractivity contribution in [2.24, 2.45) is 0 Å². The van der Waals surface area contributed by atoms with E-state index in [0.29, 0.717) is 11.5 Å². The number of hydrogen-bond donors (Lipinski definition) is 0. The number of nitrogens with zero attached hydrogens (tertiary/aromatic N) is 2. The van der Waals surface area contributed by atoms with Crippen LogP contribution in [0, 0.1) is 26.0 Å². The molecule has 0 saturated heterocycles. The molecule has 3 heterocycles. The van der Waals surface area contributed by atoms with Gasteiger partial charge in [0.1, 0.15) is 11.5 Å². The van der Waals surface area contributed by atoms with Gasteiger partial charge in [0.05, 0.1) is 11.1 Å². The molecule has 0 spiro atoms. The summed E-state index contributed by atoms with van der Waals surface area (Å²) >= 11 is 0. The summed E-state index contributed by atoms with van der Waals surface area (Å²) in [6.07, 6.45) is 3.64. The van der Waals surface area contributed by atoms with E-state index in [4.69, 9.17) is 14.5 Å². The number of aromatic nitrogens is 2. The first-order valence-electron chi connectivity index (χ1n) is 15.7. The van der Waals surface area contributed by atoms with Crippen molar-refractivity contribution in [3.8, 4) is 45.4 Å². The van der Waals surface area contributed by atoms with Gasteiger partial charge in [0.2, 0.25) is 0 Å². The molecule has 7 aromatic rings. The molecule has 0 amide bonds. The molecule has 1 aliphatic rings. The van der Waals surface area contributed by atoms with Gasteiger partial charge in [-0.15, -0.1) is 29.3 Å². The minimum absolute atomic E-state index is 0. The van der Waals surface area contributed by atoms with E-state index in [2.05, 4.69) is 85.6 Å². The Morgan fingerprint density at radius 3 is 1.92 bits per heavy atom. The Balaban J connectivity index is 0.00000364. The van der Waals surface area contributed by atoms with Gasteiger partial charge in [0.25, 0.3) is 0 Å². The maximum absolute atomic E-state index is 6.68. The second-order valence-corrected chi connectivity index (χ2v) is 11.7. The van der Waals surface area contributed by atoms with Crippen LogP contribution in [0.5, 0.6) is 23.0 Å². The molecule has 5 aromatic carbocycles. The van der Waals surface area contributed by atoms with E-state index >= 15 is 0 Å². The van der Waals surface area contributed by atoms with Gasteiger partial charge in [-0.25, -0.2) is 0 Å². The van der Waals surface area contributed by atoms with Crippen LogP contribution in [0.25, 0.3) is 22.4 Å². The van der Waals surface area contributed by atoms with Gasteiger partial charge in [0.15, 0.2) is 0 Å². The summed E-state index contributed by atoms with van der Waals surface area (Å²) in [7, 11) is 0. The van der Waals surface area contributed by atoms with Crippen molar-refractivity contribution < 1.29 is 30.5 Å². The Kier molecular flexibility index (Phi) is 8.52. The van der Waals surface area contributed by atoms with Crippen LogP contribution in [0.1, 0.15) is 33.5 Å². The summed E-state index contributed by atoms with van der Waals surface area (Å²) in [5.74, 6) is 2.72. The van der Waals surface area contributed by atoms with Crippen molar-refractivity contribution in [1.82, 2.24) is 9.97 Å². The van der Waals surface area contributed by atoms with E-state index in [9.17, 15) is 0 Å².